The van der Waals surface area contributed by atoms with Crippen LogP contribution in [0.5, 0.6) is 0 Å². The number of hydrogen-bond acceptors (Lipinski definition) is 3. The molecule has 0 radical (unpaired) electrons. The highest BCUT2D eigenvalue weighted by Gasteiger charge is 2.40. The van der Waals surface area contributed by atoms with Crippen molar-refractivity contribution in [1.82, 2.24) is 10.2 Å². The Morgan fingerprint density at radius 2 is 1.70 bits per heavy atom. The van der Waals surface area contributed by atoms with Crippen LogP contribution in [-0.4, -0.2) is 42.0 Å². The summed E-state index contributed by atoms with van der Waals surface area (Å²) in [6, 6.07) is 0.429. The predicted octanol–water partition coefficient (Wildman–Crippen LogP) is 1.99. The van der Waals surface area contributed by atoms with Gasteiger partial charge in [0.15, 0.2) is 0 Å². The van der Waals surface area contributed by atoms with Crippen LogP contribution in [0.3, 0.4) is 0 Å². The molecule has 20 heavy (non-hydrogen) atoms. The predicted molar refractivity (Wildman–Crippen MR) is 84.5 cm³/mol. The SMILES string of the molecule is CC(C)C(CNC(=O)C(C)(C)C(C)(C)N)N1CCCC1. The van der Waals surface area contributed by atoms with Gasteiger partial charge < -0.3 is 11.1 Å². The van der Waals surface area contributed by atoms with Gasteiger partial charge in [-0.2, -0.15) is 0 Å². The lowest BCUT2D eigenvalue weighted by Gasteiger charge is -2.38. The van der Waals surface area contributed by atoms with E-state index in [1.54, 1.807) is 0 Å². The normalized spacial score (nSPS) is 19.4. The van der Waals surface area contributed by atoms with E-state index in [2.05, 4.69) is 24.1 Å². The number of nitrogens with two attached hydrogens (primary N) is 1. The van der Waals surface area contributed by atoms with Gasteiger partial charge in [-0.15, -0.1) is 0 Å². The summed E-state index contributed by atoms with van der Waals surface area (Å²) in [6.45, 7) is 15.1. The fourth-order valence-corrected chi connectivity index (χ4v) is 2.57. The van der Waals surface area contributed by atoms with Crippen molar-refractivity contribution in [3.8, 4) is 0 Å². The maximum atomic E-state index is 12.4. The van der Waals surface area contributed by atoms with E-state index in [0.717, 1.165) is 19.6 Å². The Morgan fingerprint density at radius 3 is 2.10 bits per heavy atom. The van der Waals surface area contributed by atoms with E-state index >= 15 is 0 Å². The van der Waals surface area contributed by atoms with Crippen molar-refractivity contribution in [3.63, 3.8) is 0 Å². The van der Waals surface area contributed by atoms with Crippen molar-refractivity contribution >= 4 is 5.91 Å². The highest BCUT2D eigenvalue weighted by molar-refractivity contribution is 5.83. The van der Waals surface area contributed by atoms with Crippen LogP contribution in [0, 0.1) is 11.3 Å². The van der Waals surface area contributed by atoms with Gasteiger partial charge in [0.2, 0.25) is 5.91 Å². The van der Waals surface area contributed by atoms with E-state index in [1.165, 1.54) is 12.8 Å². The highest BCUT2D eigenvalue weighted by atomic mass is 16.2. The molecule has 1 fully saturated rings. The minimum absolute atomic E-state index is 0.0508. The molecule has 1 heterocycles. The third kappa shape index (κ3) is 3.95. The second-order valence-electron chi connectivity index (χ2n) is 7.61. The standard InChI is InChI=1S/C16H33N3O/c1-12(2)13(19-9-7-8-10-19)11-18-14(20)15(3,4)16(5,6)17/h12-13H,7-11,17H2,1-6H3,(H,18,20). The summed E-state index contributed by atoms with van der Waals surface area (Å²) in [7, 11) is 0. The van der Waals surface area contributed by atoms with Crippen LogP contribution < -0.4 is 11.1 Å². The molecule has 1 atom stereocenters. The molecule has 0 aromatic rings. The quantitative estimate of drug-likeness (QED) is 0.784. The first-order chi connectivity index (χ1) is 9.07. The molecular formula is C16H33N3O. The molecule has 0 aromatic heterocycles. The average Bonchev–Trinajstić information content (AvgIpc) is 2.80. The fraction of sp³-hybridized carbons (Fsp3) is 0.938. The van der Waals surface area contributed by atoms with Crippen molar-refractivity contribution in [2.24, 2.45) is 17.1 Å². The molecule has 4 nitrogen and oxygen atoms in total. The Hall–Kier alpha value is -0.610. The average molecular weight is 283 g/mol. The lowest BCUT2D eigenvalue weighted by atomic mass is 9.74. The smallest absolute Gasteiger partial charge is 0.227 e. The van der Waals surface area contributed by atoms with Gasteiger partial charge in [-0.3, -0.25) is 9.69 Å². The molecule has 0 spiro atoms. The van der Waals surface area contributed by atoms with Gasteiger partial charge in [-0.05, 0) is 59.5 Å². The lowest BCUT2D eigenvalue weighted by molar-refractivity contribution is -0.132. The first-order valence-electron chi connectivity index (χ1n) is 7.88. The molecule has 1 saturated heterocycles. The zero-order valence-electron chi connectivity index (χ0n) is 14.1. The maximum absolute atomic E-state index is 12.4. The Kier molecular flexibility index (Phi) is 5.61. The maximum Gasteiger partial charge on any atom is 0.227 e. The van der Waals surface area contributed by atoms with Gasteiger partial charge in [-0.1, -0.05) is 13.8 Å². The molecule has 118 valence electrons. The molecule has 1 unspecified atom stereocenters. The number of likely N-dealkylation sites (tertiary alicyclic amines) is 1. The molecule has 0 aromatic carbocycles. The monoisotopic (exact) mass is 283 g/mol. The molecule has 4 heteroatoms. The number of carbonyl (C=O) groups excluding carboxylic acids is 1. The number of rotatable bonds is 6. The molecule has 1 rings (SSSR count). The van der Waals surface area contributed by atoms with Crippen molar-refractivity contribution in [1.29, 1.82) is 0 Å². The number of hydrogen-bond donors (Lipinski definition) is 2. The molecule has 1 aliphatic rings. The number of nitrogens with zero attached hydrogens (tertiary/aromatic N) is 1. The first-order valence-corrected chi connectivity index (χ1v) is 7.88. The van der Waals surface area contributed by atoms with Crippen LogP contribution in [-0.2, 0) is 4.79 Å². The Labute approximate surface area is 124 Å². The summed E-state index contributed by atoms with van der Waals surface area (Å²) in [5.74, 6) is 0.595. The number of carbonyl (C=O) groups is 1. The van der Waals surface area contributed by atoms with Crippen LogP contribution in [0.25, 0.3) is 0 Å². The minimum Gasteiger partial charge on any atom is -0.354 e. The minimum atomic E-state index is -0.570. The molecular weight excluding hydrogens is 250 g/mol. The summed E-state index contributed by atoms with van der Waals surface area (Å²) < 4.78 is 0. The van der Waals surface area contributed by atoms with E-state index in [4.69, 9.17) is 5.73 Å². The first kappa shape index (κ1) is 17.4. The highest BCUT2D eigenvalue weighted by Crippen LogP contribution is 2.28. The van der Waals surface area contributed by atoms with Crippen molar-refractivity contribution in [2.45, 2.75) is 66.0 Å². The zero-order chi connectivity index (χ0) is 15.6. The van der Waals surface area contributed by atoms with Crippen LogP contribution >= 0.6 is 0 Å². The van der Waals surface area contributed by atoms with Gasteiger partial charge in [-0.25, -0.2) is 0 Å². The summed E-state index contributed by atoms with van der Waals surface area (Å²) in [5.41, 5.74) is 5.03. The summed E-state index contributed by atoms with van der Waals surface area (Å²) in [6.07, 6.45) is 2.55. The van der Waals surface area contributed by atoms with Gasteiger partial charge in [0.1, 0.15) is 0 Å². The Balaban J connectivity index is 2.61. The van der Waals surface area contributed by atoms with Crippen molar-refractivity contribution in [3.05, 3.63) is 0 Å². The number of nitrogens with one attached hydrogen (secondary N) is 1. The third-order valence-corrected chi connectivity index (χ3v) is 5.03. The second-order valence-corrected chi connectivity index (χ2v) is 7.61. The topological polar surface area (TPSA) is 58.4 Å². The molecule has 1 amide bonds. The molecule has 1 aliphatic heterocycles. The van der Waals surface area contributed by atoms with Gasteiger partial charge in [0.25, 0.3) is 0 Å². The molecule has 0 bridgehead atoms. The third-order valence-electron chi connectivity index (χ3n) is 5.03. The van der Waals surface area contributed by atoms with E-state index in [9.17, 15) is 4.79 Å². The van der Waals surface area contributed by atoms with E-state index < -0.39 is 11.0 Å². The fourth-order valence-electron chi connectivity index (χ4n) is 2.57. The van der Waals surface area contributed by atoms with Gasteiger partial charge in [0.05, 0.1) is 5.41 Å². The molecule has 0 aliphatic carbocycles. The van der Waals surface area contributed by atoms with Crippen LogP contribution in [0.15, 0.2) is 0 Å². The Bertz CT molecular complexity index is 325. The van der Waals surface area contributed by atoms with E-state index in [1.807, 2.05) is 27.7 Å². The molecule has 0 saturated carbocycles. The second kappa shape index (κ2) is 6.44. The van der Waals surface area contributed by atoms with Crippen LogP contribution in [0.2, 0.25) is 0 Å². The zero-order valence-corrected chi connectivity index (χ0v) is 14.1. The Morgan fingerprint density at radius 1 is 1.20 bits per heavy atom. The summed E-state index contributed by atoms with van der Waals surface area (Å²) in [4.78, 5) is 14.9. The summed E-state index contributed by atoms with van der Waals surface area (Å²) in [5, 5.41) is 3.13. The lowest BCUT2D eigenvalue weighted by Crippen LogP contribution is -2.57. The summed E-state index contributed by atoms with van der Waals surface area (Å²) >= 11 is 0. The van der Waals surface area contributed by atoms with Crippen molar-refractivity contribution in [2.75, 3.05) is 19.6 Å². The van der Waals surface area contributed by atoms with Crippen LogP contribution in [0.1, 0.15) is 54.4 Å². The van der Waals surface area contributed by atoms with E-state index in [-0.39, 0.29) is 5.91 Å². The van der Waals surface area contributed by atoms with E-state index in [0.29, 0.717) is 12.0 Å². The molecule has 3 N–H and O–H groups in total. The largest absolute Gasteiger partial charge is 0.354 e. The van der Waals surface area contributed by atoms with Crippen LogP contribution in [0.4, 0.5) is 0 Å². The number of amides is 1. The van der Waals surface area contributed by atoms with Gasteiger partial charge in [0, 0.05) is 18.1 Å². The van der Waals surface area contributed by atoms with Crippen molar-refractivity contribution < 1.29 is 4.79 Å². The van der Waals surface area contributed by atoms with Gasteiger partial charge >= 0.3 is 0 Å².